The lowest BCUT2D eigenvalue weighted by molar-refractivity contribution is 0.392. The Morgan fingerprint density at radius 2 is 1.85 bits per heavy atom. The van der Waals surface area contributed by atoms with Crippen molar-refractivity contribution in [2.24, 2.45) is 0 Å². The van der Waals surface area contributed by atoms with Gasteiger partial charge in [-0.15, -0.1) is 0 Å². The molecule has 0 saturated heterocycles. The Kier molecular flexibility index (Phi) is 5.78. The molecule has 1 heterocycles. The summed E-state index contributed by atoms with van der Waals surface area (Å²) in [5, 5.41) is 4.18. The average Bonchev–Trinajstić information content (AvgIpc) is 3.22. The van der Waals surface area contributed by atoms with Crippen molar-refractivity contribution in [1.82, 2.24) is 14.5 Å². The SMILES string of the molecule is COc1ccc(OC)c(S(=O)(=O)NCCc2ccc(-n3cccn3)cc2)c1. The van der Waals surface area contributed by atoms with E-state index in [0.717, 1.165) is 11.3 Å². The van der Waals surface area contributed by atoms with E-state index in [1.807, 2.05) is 36.5 Å². The Bertz CT molecular complexity index is 984. The molecule has 0 aliphatic rings. The van der Waals surface area contributed by atoms with Crippen LogP contribution in [0.5, 0.6) is 11.5 Å². The van der Waals surface area contributed by atoms with Crippen LogP contribution in [-0.2, 0) is 16.4 Å². The fourth-order valence-electron chi connectivity index (χ4n) is 2.64. The highest BCUT2D eigenvalue weighted by molar-refractivity contribution is 7.89. The number of methoxy groups -OCH3 is 2. The monoisotopic (exact) mass is 387 g/mol. The van der Waals surface area contributed by atoms with Gasteiger partial charge in [-0.3, -0.25) is 0 Å². The quantitative estimate of drug-likeness (QED) is 0.642. The third-order valence-electron chi connectivity index (χ3n) is 4.07. The minimum atomic E-state index is -3.72. The summed E-state index contributed by atoms with van der Waals surface area (Å²) in [6.07, 6.45) is 4.14. The highest BCUT2D eigenvalue weighted by Gasteiger charge is 2.20. The van der Waals surface area contributed by atoms with Crippen molar-refractivity contribution in [3.05, 3.63) is 66.5 Å². The van der Waals surface area contributed by atoms with E-state index in [9.17, 15) is 8.42 Å². The van der Waals surface area contributed by atoms with Gasteiger partial charge in [0.1, 0.15) is 16.4 Å². The minimum absolute atomic E-state index is 0.0541. The van der Waals surface area contributed by atoms with Crippen LogP contribution in [0, 0.1) is 0 Å². The predicted octanol–water partition coefficient (Wildman–Crippen LogP) is 2.41. The molecule has 0 aliphatic carbocycles. The number of benzene rings is 2. The summed E-state index contributed by atoms with van der Waals surface area (Å²) in [7, 11) is -0.801. The molecule has 0 bridgehead atoms. The number of hydrogen-bond acceptors (Lipinski definition) is 5. The van der Waals surface area contributed by atoms with Crippen LogP contribution in [0.3, 0.4) is 0 Å². The van der Waals surface area contributed by atoms with Gasteiger partial charge in [-0.25, -0.2) is 17.8 Å². The molecular formula is C19H21N3O4S. The Morgan fingerprint density at radius 3 is 2.48 bits per heavy atom. The first-order valence-electron chi connectivity index (χ1n) is 8.34. The molecular weight excluding hydrogens is 366 g/mol. The topological polar surface area (TPSA) is 82.5 Å². The van der Waals surface area contributed by atoms with Gasteiger partial charge < -0.3 is 9.47 Å². The number of rotatable bonds is 8. The second-order valence-corrected chi connectivity index (χ2v) is 7.52. The smallest absolute Gasteiger partial charge is 0.244 e. The van der Waals surface area contributed by atoms with E-state index in [-0.39, 0.29) is 17.2 Å². The molecule has 0 unspecified atom stereocenters. The van der Waals surface area contributed by atoms with Crippen molar-refractivity contribution < 1.29 is 17.9 Å². The molecule has 0 saturated carbocycles. The van der Waals surface area contributed by atoms with Gasteiger partial charge in [-0.2, -0.15) is 5.10 Å². The predicted molar refractivity (Wildman–Crippen MR) is 102 cm³/mol. The molecule has 1 N–H and O–H groups in total. The first kappa shape index (κ1) is 18.9. The number of ether oxygens (including phenoxy) is 2. The maximum absolute atomic E-state index is 12.6. The fourth-order valence-corrected chi connectivity index (χ4v) is 3.85. The Morgan fingerprint density at radius 1 is 1.07 bits per heavy atom. The highest BCUT2D eigenvalue weighted by atomic mass is 32.2. The van der Waals surface area contributed by atoms with Crippen molar-refractivity contribution >= 4 is 10.0 Å². The highest BCUT2D eigenvalue weighted by Crippen LogP contribution is 2.27. The fraction of sp³-hybridized carbons (Fsp3) is 0.211. The molecule has 2 aromatic carbocycles. The maximum Gasteiger partial charge on any atom is 0.244 e. The average molecular weight is 387 g/mol. The van der Waals surface area contributed by atoms with Gasteiger partial charge >= 0.3 is 0 Å². The van der Waals surface area contributed by atoms with Crippen molar-refractivity contribution in [3.8, 4) is 17.2 Å². The van der Waals surface area contributed by atoms with E-state index in [2.05, 4.69) is 9.82 Å². The van der Waals surface area contributed by atoms with Gasteiger partial charge in [-0.1, -0.05) is 12.1 Å². The van der Waals surface area contributed by atoms with Crippen LogP contribution in [0.15, 0.2) is 65.8 Å². The summed E-state index contributed by atoms with van der Waals surface area (Å²) in [5.41, 5.74) is 1.97. The molecule has 7 nitrogen and oxygen atoms in total. The van der Waals surface area contributed by atoms with E-state index in [1.165, 1.54) is 20.3 Å². The summed E-state index contributed by atoms with van der Waals surface area (Å²) < 4.78 is 39.9. The normalized spacial score (nSPS) is 11.3. The Balaban J connectivity index is 1.66. The van der Waals surface area contributed by atoms with Crippen LogP contribution in [0.1, 0.15) is 5.56 Å². The second kappa shape index (κ2) is 8.24. The molecule has 0 fully saturated rings. The summed E-state index contributed by atoms with van der Waals surface area (Å²) in [5.74, 6) is 0.720. The second-order valence-electron chi connectivity index (χ2n) is 5.78. The third-order valence-corrected chi connectivity index (χ3v) is 5.55. The third kappa shape index (κ3) is 4.47. The molecule has 142 valence electrons. The van der Waals surface area contributed by atoms with E-state index in [4.69, 9.17) is 9.47 Å². The van der Waals surface area contributed by atoms with Crippen LogP contribution >= 0.6 is 0 Å². The first-order valence-corrected chi connectivity index (χ1v) is 9.82. The van der Waals surface area contributed by atoms with Gasteiger partial charge in [-0.05, 0) is 42.3 Å². The van der Waals surface area contributed by atoms with Crippen LogP contribution < -0.4 is 14.2 Å². The Labute approximate surface area is 158 Å². The molecule has 0 amide bonds. The first-order chi connectivity index (χ1) is 13.0. The number of hydrogen-bond donors (Lipinski definition) is 1. The van der Waals surface area contributed by atoms with Gasteiger partial charge in [0.05, 0.1) is 19.9 Å². The number of nitrogens with zero attached hydrogens (tertiary/aromatic N) is 2. The van der Waals surface area contributed by atoms with Crippen molar-refractivity contribution in [2.45, 2.75) is 11.3 Å². The molecule has 0 atom stereocenters. The summed E-state index contributed by atoms with van der Waals surface area (Å²) in [6, 6.07) is 14.3. The lowest BCUT2D eigenvalue weighted by Crippen LogP contribution is -2.26. The molecule has 0 radical (unpaired) electrons. The lowest BCUT2D eigenvalue weighted by atomic mass is 10.1. The van der Waals surface area contributed by atoms with Gasteiger partial charge in [0.25, 0.3) is 0 Å². The summed E-state index contributed by atoms with van der Waals surface area (Å²) >= 11 is 0. The zero-order chi connectivity index (χ0) is 19.3. The minimum Gasteiger partial charge on any atom is -0.497 e. The van der Waals surface area contributed by atoms with E-state index in [1.54, 1.807) is 23.0 Å². The van der Waals surface area contributed by atoms with Crippen LogP contribution in [-0.4, -0.2) is 39.0 Å². The molecule has 0 spiro atoms. The lowest BCUT2D eigenvalue weighted by Gasteiger charge is -2.12. The molecule has 0 aliphatic heterocycles. The molecule has 8 heteroatoms. The maximum atomic E-state index is 12.6. The zero-order valence-corrected chi connectivity index (χ0v) is 15.9. The number of aromatic nitrogens is 2. The Hall–Kier alpha value is -2.84. The molecule has 1 aromatic heterocycles. The number of sulfonamides is 1. The van der Waals surface area contributed by atoms with E-state index in [0.29, 0.717) is 12.2 Å². The largest absolute Gasteiger partial charge is 0.497 e. The summed E-state index contributed by atoms with van der Waals surface area (Å²) in [4.78, 5) is 0.0541. The van der Waals surface area contributed by atoms with E-state index < -0.39 is 10.0 Å². The zero-order valence-electron chi connectivity index (χ0n) is 15.1. The number of nitrogens with one attached hydrogen (secondary N) is 1. The van der Waals surface area contributed by atoms with Crippen molar-refractivity contribution in [1.29, 1.82) is 0 Å². The standard InChI is InChI=1S/C19H21N3O4S/c1-25-17-8-9-18(26-2)19(14-17)27(23,24)21-12-10-15-4-6-16(7-5-15)22-13-3-11-20-22/h3-9,11,13-14,21H,10,12H2,1-2H3. The van der Waals surface area contributed by atoms with Crippen LogP contribution in [0.4, 0.5) is 0 Å². The molecule has 27 heavy (non-hydrogen) atoms. The molecule has 3 aromatic rings. The van der Waals surface area contributed by atoms with Gasteiger partial charge in [0.2, 0.25) is 10.0 Å². The molecule has 3 rings (SSSR count). The van der Waals surface area contributed by atoms with Crippen molar-refractivity contribution in [2.75, 3.05) is 20.8 Å². The van der Waals surface area contributed by atoms with Crippen LogP contribution in [0.25, 0.3) is 5.69 Å². The van der Waals surface area contributed by atoms with E-state index >= 15 is 0 Å². The summed E-state index contributed by atoms with van der Waals surface area (Å²) in [6.45, 7) is 0.268. The van der Waals surface area contributed by atoms with Gasteiger partial charge in [0.15, 0.2) is 0 Å². The van der Waals surface area contributed by atoms with Gasteiger partial charge in [0, 0.05) is 25.0 Å². The van der Waals surface area contributed by atoms with Crippen molar-refractivity contribution in [3.63, 3.8) is 0 Å². The van der Waals surface area contributed by atoms with Crippen LogP contribution in [0.2, 0.25) is 0 Å².